The van der Waals surface area contributed by atoms with E-state index >= 15 is 0 Å². The molecule has 0 radical (unpaired) electrons. The molecule has 0 amide bonds. The van der Waals surface area contributed by atoms with Gasteiger partial charge in [-0.2, -0.15) is 0 Å². The minimum absolute atomic E-state index is 0.108. The maximum atomic E-state index is 11.1. The molecule has 4 heteroatoms. The van der Waals surface area contributed by atoms with Crippen molar-refractivity contribution in [2.75, 3.05) is 12.3 Å². The standard InChI is InChI=1S/C11H11NO3/c1-2-14-8-3-4-10-7(5-8)6-9(12)11(13)15-10/h3-6H,2,12H2,1H3. The number of nitrogen functional groups attached to an aromatic ring is 1. The molecule has 15 heavy (non-hydrogen) atoms. The number of ether oxygens (including phenoxy) is 1. The average molecular weight is 205 g/mol. The first kappa shape index (κ1) is 9.58. The third kappa shape index (κ3) is 1.79. The zero-order valence-corrected chi connectivity index (χ0v) is 8.32. The summed E-state index contributed by atoms with van der Waals surface area (Å²) in [4.78, 5) is 11.1. The van der Waals surface area contributed by atoms with Gasteiger partial charge in [-0.3, -0.25) is 0 Å². The molecule has 1 aromatic heterocycles. The first-order valence-electron chi connectivity index (χ1n) is 4.67. The van der Waals surface area contributed by atoms with E-state index in [9.17, 15) is 4.79 Å². The summed E-state index contributed by atoms with van der Waals surface area (Å²) in [6, 6.07) is 6.83. The Morgan fingerprint density at radius 2 is 2.20 bits per heavy atom. The molecule has 0 atom stereocenters. The third-order valence-electron chi connectivity index (χ3n) is 2.04. The maximum Gasteiger partial charge on any atom is 0.359 e. The Balaban J connectivity index is 2.61. The van der Waals surface area contributed by atoms with Crippen molar-refractivity contribution in [1.29, 1.82) is 0 Å². The highest BCUT2D eigenvalue weighted by molar-refractivity contribution is 5.80. The smallest absolute Gasteiger partial charge is 0.359 e. The minimum Gasteiger partial charge on any atom is -0.494 e. The first-order chi connectivity index (χ1) is 7.20. The number of anilines is 1. The van der Waals surface area contributed by atoms with Crippen LogP contribution < -0.4 is 16.1 Å². The molecule has 0 saturated carbocycles. The molecule has 0 aliphatic heterocycles. The van der Waals surface area contributed by atoms with Crippen molar-refractivity contribution in [3.8, 4) is 5.75 Å². The fraction of sp³-hybridized carbons (Fsp3) is 0.182. The van der Waals surface area contributed by atoms with E-state index in [2.05, 4.69) is 0 Å². The highest BCUT2D eigenvalue weighted by atomic mass is 16.5. The molecule has 0 unspecified atom stereocenters. The summed E-state index contributed by atoms with van der Waals surface area (Å²) in [7, 11) is 0. The van der Waals surface area contributed by atoms with Crippen LogP contribution in [0.5, 0.6) is 5.75 Å². The summed E-state index contributed by atoms with van der Waals surface area (Å²) >= 11 is 0. The van der Waals surface area contributed by atoms with Crippen molar-refractivity contribution in [3.63, 3.8) is 0 Å². The summed E-state index contributed by atoms with van der Waals surface area (Å²) in [5, 5.41) is 0.762. The van der Waals surface area contributed by atoms with Crippen molar-refractivity contribution in [3.05, 3.63) is 34.7 Å². The molecule has 78 valence electrons. The second-order valence-corrected chi connectivity index (χ2v) is 3.12. The predicted octanol–water partition coefficient (Wildman–Crippen LogP) is 1.77. The van der Waals surface area contributed by atoms with Crippen molar-refractivity contribution in [1.82, 2.24) is 0 Å². The molecular weight excluding hydrogens is 194 g/mol. The summed E-state index contributed by atoms with van der Waals surface area (Å²) in [5.41, 5.74) is 5.57. The molecule has 2 aromatic rings. The van der Waals surface area contributed by atoms with Gasteiger partial charge in [-0.25, -0.2) is 4.79 Å². The lowest BCUT2D eigenvalue weighted by molar-refractivity contribution is 0.340. The summed E-state index contributed by atoms with van der Waals surface area (Å²) < 4.78 is 10.3. The van der Waals surface area contributed by atoms with Crippen molar-refractivity contribution in [2.45, 2.75) is 6.92 Å². The van der Waals surface area contributed by atoms with Gasteiger partial charge < -0.3 is 14.9 Å². The van der Waals surface area contributed by atoms with Gasteiger partial charge in [0.1, 0.15) is 17.0 Å². The molecule has 0 bridgehead atoms. The highest BCUT2D eigenvalue weighted by Gasteiger charge is 2.02. The fourth-order valence-corrected chi connectivity index (χ4v) is 1.37. The van der Waals surface area contributed by atoms with Gasteiger partial charge in [-0.05, 0) is 31.2 Å². The van der Waals surface area contributed by atoms with Crippen LogP contribution in [0.15, 0.2) is 33.5 Å². The van der Waals surface area contributed by atoms with Crippen LogP contribution in [0.3, 0.4) is 0 Å². The van der Waals surface area contributed by atoms with Gasteiger partial charge in [0, 0.05) is 5.39 Å². The highest BCUT2D eigenvalue weighted by Crippen LogP contribution is 2.20. The van der Waals surface area contributed by atoms with Crippen LogP contribution in [0, 0.1) is 0 Å². The Morgan fingerprint density at radius 1 is 1.40 bits per heavy atom. The van der Waals surface area contributed by atoms with Gasteiger partial charge in [0.15, 0.2) is 0 Å². The number of benzene rings is 1. The SMILES string of the molecule is CCOc1ccc2oc(=O)c(N)cc2c1. The van der Waals surface area contributed by atoms with Crippen LogP contribution in [0.2, 0.25) is 0 Å². The molecule has 0 saturated heterocycles. The Labute approximate surface area is 86.3 Å². The zero-order valence-electron chi connectivity index (χ0n) is 8.32. The van der Waals surface area contributed by atoms with Crippen molar-refractivity contribution >= 4 is 16.7 Å². The predicted molar refractivity (Wildman–Crippen MR) is 58.1 cm³/mol. The Morgan fingerprint density at radius 3 is 2.93 bits per heavy atom. The molecule has 1 heterocycles. The summed E-state index contributed by atoms with van der Waals surface area (Å²) in [6.07, 6.45) is 0. The van der Waals surface area contributed by atoms with Crippen LogP contribution in [0.1, 0.15) is 6.92 Å². The average Bonchev–Trinajstić information content (AvgIpc) is 2.21. The molecule has 4 nitrogen and oxygen atoms in total. The van der Waals surface area contributed by atoms with E-state index in [4.69, 9.17) is 14.9 Å². The summed E-state index contributed by atoms with van der Waals surface area (Å²) in [5.74, 6) is 0.734. The van der Waals surface area contributed by atoms with Gasteiger partial charge in [0.2, 0.25) is 0 Å². The molecule has 0 spiro atoms. The molecule has 0 aliphatic rings. The van der Waals surface area contributed by atoms with Gasteiger partial charge in [0.05, 0.1) is 6.61 Å². The Hall–Kier alpha value is -1.97. The lowest BCUT2D eigenvalue weighted by Crippen LogP contribution is -2.05. The quantitative estimate of drug-likeness (QED) is 0.759. The number of hydrogen-bond donors (Lipinski definition) is 1. The van der Waals surface area contributed by atoms with Crippen LogP contribution in [0.4, 0.5) is 5.69 Å². The first-order valence-corrected chi connectivity index (χ1v) is 4.67. The van der Waals surface area contributed by atoms with Crippen molar-refractivity contribution in [2.24, 2.45) is 0 Å². The van der Waals surface area contributed by atoms with Crippen LogP contribution in [-0.2, 0) is 0 Å². The second kappa shape index (κ2) is 3.65. The van der Waals surface area contributed by atoms with Crippen LogP contribution in [0.25, 0.3) is 11.0 Å². The summed E-state index contributed by atoms with van der Waals surface area (Å²) in [6.45, 7) is 2.50. The van der Waals surface area contributed by atoms with E-state index in [-0.39, 0.29) is 5.69 Å². The number of rotatable bonds is 2. The van der Waals surface area contributed by atoms with Crippen molar-refractivity contribution < 1.29 is 9.15 Å². The molecular formula is C11H11NO3. The number of nitrogens with two attached hydrogens (primary N) is 1. The lowest BCUT2D eigenvalue weighted by Gasteiger charge is -2.03. The topological polar surface area (TPSA) is 65.5 Å². The number of hydrogen-bond acceptors (Lipinski definition) is 4. The van der Waals surface area contributed by atoms with E-state index in [1.54, 1.807) is 24.3 Å². The third-order valence-corrected chi connectivity index (χ3v) is 2.04. The molecule has 2 rings (SSSR count). The molecule has 2 N–H and O–H groups in total. The normalized spacial score (nSPS) is 10.5. The van der Waals surface area contributed by atoms with E-state index < -0.39 is 5.63 Å². The molecule has 1 aromatic carbocycles. The van der Waals surface area contributed by atoms with Crippen LogP contribution in [-0.4, -0.2) is 6.61 Å². The monoisotopic (exact) mass is 205 g/mol. The second-order valence-electron chi connectivity index (χ2n) is 3.12. The molecule has 0 aliphatic carbocycles. The van der Waals surface area contributed by atoms with E-state index in [1.807, 2.05) is 6.92 Å². The van der Waals surface area contributed by atoms with E-state index in [0.29, 0.717) is 12.2 Å². The molecule has 0 fully saturated rings. The largest absolute Gasteiger partial charge is 0.494 e. The minimum atomic E-state index is -0.508. The Kier molecular flexibility index (Phi) is 2.33. The lowest BCUT2D eigenvalue weighted by atomic mass is 10.2. The van der Waals surface area contributed by atoms with Gasteiger partial charge in [-0.15, -0.1) is 0 Å². The fourth-order valence-electron chi connectivity index (χ4n) is 1.37. The van der Waals surface area contributed by atoms with Gasteiger partial charge in [-0.1, -0.05) is 0 Å². The Bertz CT molecular complexity index is 545. The number of fused-ring (bicyclic) bond motifs is 1. The van der Waals surface area contributed by atoms with Crippen LogP contribution >= 0.6 is 0 Å². The van der Waals surface area contributed by atoms with Gasteiger partial charge >= 0.3 is 5.63 Å². The zero-order chi connectivity index (χ0) is 10.8. The van der Waals surface area contributed by atoms with E-state index in [1.165, 1.54) is 0 Å². The van der Waals surface area contributed by atoms with E-state index in [0.717, 1.165) is 11.1 Å². The maximum absolute atomic E-state index is 11.1. The van der Waals surface area contributed by atoms with Gasteiger partial charge in [0.25, 0.3) is 0 Å².